The van der Waals surface area contributed by atoms with Crippen molar-refractivity contribution in [3.63, 3.8) is 0 Å². The number of carbonyl (C=O) groups excluding carboxylic acids is 1. The quantitative estimate of drug-likeness (QED) is 0.871. The summed E-state index contributed by atoms with van der Waals surface area (Å²) in [7, 11) is 0. The molecule has 3 nitrogen and oxygen atoms in total. The Hall–Kier alpha value is -1.42. The van der Waals surface area contributed by atoms with Gasteiger partial charge in [-0.3, -0.25) is 4.79 Å². The number of rotatable bonds is 5. The van der Waals surface area contributed by atoms with E-state index in [-0.39, 0.29) is 11.7 Å². The van der Waals surface area contributed by atoms with Crippen LogP contribution >= 0.6 is 0 Å². The molecular weight excluding hydrogens is 231 g/mol. The van der Waals surface area contributed by atoms with Crippen molar-refractivity contribution in [2.24, 2.45) is 11.7 Å². The SMILES string of the molecule is CCN(C(=O)C(N)CC1CC1)c1ccc(F)cc1. The molecule has 1 amide bonds. The van der Waals surface area contributed by atoms with Crippen LogP contribution in [0.2, 0.25) is 0 Å². The maximum atomic E-state index is 12.9. The molecule has 4 heteroatoms. The average molecular weight is 250 g/mol. The third-order valence-corrected chi connectivity index (χ3v) is 3.32. The fourth-order valence-corrected chi connectivity index (χ4v) is 2.10. The minimum Gasteiger partial charge on any atom is -0.320 e. The van der Waals surface area contributed by atoms with Crippen molar-refractivity contribution in [1.82, 2.24) is 0 Å². The van der Waals surface area contributed by atoms with Crippen LogP contribution in [-0.2, 0) is 4.79 Å². The molecule has 0 spiro atoms. The average Bonchev–Trinajstić information content (AvgIpc) is 3.16. The minimum atomic E-state index is -0.442. The van der Waals surface area contributed by atoms with E-state index in [1.807, 2.05) is 6.92 Å². The smallest absolute Gasteiger partial charge is 0.243 e. The Morgan fingerprint density at radius 2 is 2.06 bits per heavy atom. The third-order valence-electron chi connectivity index (χ3n) is 3.32. The van der Waals surface area contributed by atoms with Gasteiger partial charge in [-0.25, -0.2) is 4.39 Å². The number of benzene rings is 1. The second kappa shape index (κ2) is 5.48. The summed E-state index contributed by atoms with van der Waals surface area (Å²) in [6.07, 6.45) is 3.13. The lowest BCUT2D eigenvalue weighted by Crippen LogP contribution is -2.44. The first-order chi connectivity index (χ1) is 8.61. The van der Waals surface area contributed by atoms with Gasteiger partial charge in [-0.1, -0.05) is 12.8 Å². The van der Waals surface area contributed by atoms with E-state index in [1.165, 1.54) is 25.0 Å². The van der Waals surface area contributed by atoms with Crippen molar-refractivity contribution in [1.29, 1.82) is 0 Å². The molecule has 1 aromatic carbocycles. The van der Waals surface area contributed by atoms with Crippen LogP contribution in [0.5, 0.6) is 0 Å². The summed E-state index contributed by atoms with van der Waals surface area (Å²) < 4.78 is 12.9. The summed E-state index contributed by atoms with van der Waals surface area (Å²) in [5, 5.41) is 0. The molecule has 1 unspecified atom stereocenters. The second-order valence-corrected chi connectivity index (χ2v) is 4.84. The topological polar surface area (TPSA) is 46.3 Å². The van der Waals surface area contributed by atoms with E-state index in [2.05, 4.69) is 0 Å². The second-order valence-electron chi connectivity index (χ2n) is 4.84. The lowest BCUT2D eigenvalue weighted by Gasteiger charge is -2.24. The van der Waals surface area contributed by atoms with Crippen LogP contribution in [0, 0.1) is 11.7 Å². The summed E-state index contributed by atoms with van der Waals surface area (Å²) in [4.78, 5) is 13.8. The van der Waals surface area contributed by atoms with Crippen molar-refractivity contribution in [3.8, 4) is 0 Å². The molecule has 0 aromatic heterocycles. The molecule has 1 aliphatic carbocycles. The van der Waals surface area contributed by atoms with Crippen molar-refractivity contribution in [2.75, 3.05) is 11.4 Å². The fourth-order valence-electron chi connectivity index (χ4n) is 2.10. The van der Waals surface area contributed by atoms with Crippen molar-refractivity contribution < 1.29 is 9.18 Å². The van der Waals surface area contributed by atoms with E-state index >= 15 is 0 Å². The first-order valence-electron chi connectivity index (χ1n) is 6.44. The molecule has 0 saturated heterocycles. The van der Waals surface area contributed by atoms with Gasteiger partial charge in [0, 0.05) is 12.2 Å². The van der Waals surface area contributed by atoms with Gasteiger partial charge in [0.05, 0.1) is 6.04 Å². The molecule has 2 N–H and O–H groups in total. The number of likely N-dealkylation sites (N-methyl/N-ethyl adjacent to an activating group) is 1. The predicted octanol–water partition coefficient (Wildman–Crippen LogP) is 2.31. The lowest BCUT2D eigenvalue weighted by atomic mass is 10.1. The molecule has 0 radical (unpaired) electrons. The number of halogens is 1. The van der Waals surface area contributed by atoms with E-state index in [0.717, 1.165) is 6.42 Å². The van der Waals surface area contributed by atoms with Crippen molar-refractivity contribution >= 4 is 11.6 Å². The highest BCUT2D eigenvalue weighted by atomic mass is 19.1. The van der Waals surface area contributed by atoms with Crippen molar-refractivity contribution in [2.45, 2.75) is 32.2 Å². The molecular formula is C14H19FN2O. The van der Waals surface area contributed by atoms with Gasteiger partial charge in [0.1, 0.15) is 5.82 Å². The molecule has 1 aliphatic rings. The zero-order valence-corrected chi connectivity index (χ0v) is 10.6. The highest BCUT2D eigenvalue weighted by Gasteiger charge is 2.29. The first-order valence-corrected chi connectivity index (χ1v) is 6.44. The number of carbonyl (C=O) groups is 1. The highest BCUT2D eigenvalue weighted by molar-refractivity contribution is 5.96. The van der Waals surface area contributed by atoms with Crippen molar-refractivity contribution in [3.05, 3.63) is 30.1 Å². The van der Waals surface area contributed by atoms with Crippen LogP contribution in [0.15, 0.2) is 24.3 Å². The minimum absolute atomic E-state index is 0.0731. The predicted molar refractivity (Wildman–Crippen MR) is 69.7 cm³/mol. The Morgan fingerprint density at radius 3 is 2.56 bits per heavy atom. The fraction of sp³-hybridized carbons (Fsp3) is 0.500. The Balaban J connectivity index is 2.06. The Bertz CT molecular complexity index is 414. The van der Waals surface area contributed by atoms with Crippen LogP contribution in [0.3, 0.4) is 0 Å². The van der Waals surface area contributed by atoms with Crippen LogP contribution < -0.4 is 10.6 Å². The van der Waals surface area contributed by atoms with Gasteiger partial charge in [-0.05, 0) is 43.5 Å². The number of nitrogens with zero attached hydrogens (tertiary/aromatic N) is 1. The van der Waals surface area contributed by atoms with E-state index in [0.29, 0.717) is 18.2 Å². The molecule has 98 valence electrons. The normalized spacial score (nSPS) is 16.4. The van der Waals surface area contributed by atoms with Crippen LogP contribution in [-0.4, -0.2) is 18.5 Å². The number of hydrogen-bond acceptors (Lipinski definition) is 2. The van der Waals surface area contributed by atoms with Gasteiger partial charge in [0.2, 0.25) is 5.91 Å². The first kappa shape index (κ1) is 13.0. The van der Waals surface area contributed by atoms with Crippen LogP contribution in [0.1, 0.15) is 26.2 Å². The Kier molecular flexibility index (Phi) is 3.97. The lowest BCUT2D eigenvalue weighted by molar-refractivity contribution is -0.120. The summed E-state index contributed by atoms with van der Waals surface area (Å²) >= 11 is 0. The summed E-state index contributed by atoms with van der Waals surface area (Å²) in [5.74, 6) is 0.247. The monoisotopic (exact) mass is 250 g/mol. The zero-order valence-electron chi connectivity index (χ0n) is 10.6. The van der Waals surface area contributed by atoms with E-state index < -0.39 is 6.04 Å². The summed E-state index contributed by atoms with van der Waals surface area (Å²) in [6.45, 7) is 2.44. The molecule has 1 fully saturated rings. The molecule has 18 heavy (non-hydrogen) atoms. The van der Waals surface area contributed by atoms with E-state index in [1.54, 1.807) is 17.0 Å². The number of amides is 1. The van der Waals surface area contributed by atoms with Gasteiger partial charge in [0.25, 0.3) is 0 Å². The molecule has 0 aliphatic heterocycles. The van der Waals surface area contributed by atoms with E-state index in [9.17, 15) is 9.18 Å². The maximum Gasteiger partial charge on any atom is 0.243 e. The number of anilines is 1. The molecule has 2 rings (SSSR count). The van der Waals surface area contributed by atoms with E-state index in [4.69, 9.17) is 5.73 Å². The van der Waals surface area contributed by atoms with Gasteiger partial charge in [-0.2, -0.15) is 0 Å². The molecule has 1 saturated carbocycles. The summed E-state index contributed by atoms with van der Waals surface area (Å²) in [6, 6.07) is 5.50. The van der Waals surface area contributed by atoms with Gasteiger partial charge in [-0.15, -0.1) is 0 Å². The molecule has 0 heterocycles. The number of hydrogen-bond donors (Lipinski definition) is 1. The van der Waals surface area contributed by atoms with Crippen LogP contribution in [0.25, 0.3) is 0 Å². The van der Waals surface area contributed by atoms with Gasteiger partial charge < -0.3 is 10.6 Å². The largest absolute Gasteiger partial charge is 0.320 e. The molecule has 1 aromatic rings. The third kappa shape index (κ3) is 3.07. The zero-order chi connectivity index (χ0) is 13.1. The van der Waals surface area contributed by atoms with Gasteiger partial charge >= 0.3 is 0 Å². The Morgan fingerprint density at radius 1 is 1.44 bits per heavy atom. The highest BCUT2D eigenvalue weighted by Crippen LogP contribution is 2.33. The van der Waals surface area contributed by atoms with Crippen LogP contribution in [0.4, 0.5) is 10.1 Å². The summed E-state index contributed by atoms with van der Waals surface area (Å²) in [5.41, 5.74) is 6.64. The molecule has 0 bridgehead atoms. The Labute approximate surface area is 107 Å². The molecule has 1 atom stereocenters. The number of nitrogens with two attached hydrogens (primary N) is 1. The van der Waals surface area contributed by atoms with Gasteiger partial charge in [0.15, 0.2) is 0 Å². The standard InChI is InChI=1S/C14H19FN2O/c1-2-17(12-7-5-11(15)6-8-12)14(18)13(16)9-10-3-4-10/h5-8,10,13H,2-4,9,16H2,1H3. The maximum absolute atomic E-state index is 12.9.